The Balaban J connectivity index is 1.40. The highest BCUT2D eigenvalue weighted by Gasteiger charge is 2.43. The maximum Gasteiger partial charge on any atom is 0.338 e. The lowest BCUT2D eigenvalue weighted by Gasteiger charge is -2.37. The lowest BCUT2D eigenvalue weighted by Crippen LogP contribution is -2.56. The van der Waals surface area contributed by atoms with Crippen LogP contribution in [0.5, 0.6) is 0 Å². The van der Waals surface area contributed by atoms with Gasteiger partial charge in [0.25, 0.3) is 0 Å². The highest BCUT2D eigenvalue weighted by molar-refractivity contribution is 6.01. The second-order valence-electron chi connectivity index (χ2n) is 10.1. The number of para-hydroxylation sites is 2. The largest absolute Gasteiger partial charge is 0.466 e. The average Bonchev–Trinajstić information content (AvgIpc) is 3.00. The molecule has 0 radical (unpaired) electrons. The first-order valence-electron chi connectivity index (χ1n) is 13.9. The maximum absolute atomic E-state index is 14.2. The number of piperidine rings is 1. The number of hydrogen-bond acceptors (Lipinski definition) is 8. The first kappa shape index (κ1) is 32.2. The van der Waals surface area contributed by atoms with E-state index in [0.717, 1.165) is 55.8 Å². The van der Waals surface area contributed by atoms with E-state index in [1.165, 1.54) is 13.2 Å². The fraction of sp³-hybridized carbons (Fsp3) is 0.379. The fourth-order valence-corrected chi connectivity index (χ4v) is 5.32. The standard InChI is InChI=1S/C29H35F2N7O6/c1-43-16-22-24(26(39)44-2)25(17-7-8-19(30)20(31)15-17)38(29(42)36-22)28(41)34-12-11-33-18-9-13-37(14-10-18)23-6-4-3-5-21(23)35-27(32)40/h3-8,15,18,25,33H,9-14,16H2,1-2H3,(H,34,41)(H,36,42)(H3,32,35,40). The Morgan fingerprint density at radius 3 is 2.43 bits per heavy atom. The Morgan fingerprint density at radius 2 is 1.77 bits per heavy atom. The van der Waals surface area contributed by atoms with Crippen LogP contribution in [0.3, 0.4) is 0 Å². The van der Waals surface area contributed by atoms with Crippen molar-refractivity contribution in [1.82, 2.24) is 20.9 Å². The number of carbonyl (C=O) groups excluding carboxylic acids is 4. The summed E-state index contributed by atoms with van der Waals surface area (Å²) in [4.78, 5) is 53.5. The Hall–Kier alpha value is -4.76. The number of rotatable bonds is 10. The highest BCUT2D eigenvalue weighted by atomic mass is 19.2. The van der Waals surface area contributed by atoms with Gasteiger partial charge in [0, 0.05) is 39.3 Å². The van der Waals surface area contributed by atoms with Crippen molar-refractivity contribution in [2.75, 3.05) is 57.2 Å². The number of nitrogens with zero attached hydrogens (tertiary/aromatic N) is 2. The van der Waals surface area contributed by atoms with Gasteiger partial charge in [0.2, 0.25) is 0 Å². The number of esters is 1. The van der Waals surface area contributed by atoms with E-state index in [-0.39, 0.29) is 36.0 Å². The van der Waals surface area contributed by atoms with Gasteiger partial charge in [-0.1, -0.05) is 18.2 Å². The highest BCUT2D eigenvalue weighted by Crippen LogP contribution is 2.35. The van der Waals surface area contributed by atoms with Gasteiger partial charge in [-0.3, -0.25) is 0 Å². The van der Waals surface area contributed by atoms with Crippen LogP contribution in [0.1, 0.15) is 24.4 Å². The van der Waals surface area contributed by atoms with Gasteiger partial charge in [0.1, 0.15) is 6.04 Å². The molecular formula is C29H35F2N7O6. The van der Waals surface area contributed by atoms with Crippen molar-refractivity contribution in [2.45, 2.75) is 24.9 Å². The number of amides is 6. The van der Waals surface area contributed by atoms with E-state index in [1.807, 2.05) is 18.2 Å². The van der Waals surface area contributed by atoms with Crippen LogP contribution in [0.15, 0.2) is 53.7 Å². The SMILES string of the molecule is COCC1=C(C(=O)OC)C(c2ccc(F)c(F)c2)N(C(=O)NCCNC2CCN(c3ccccc3NC(N)=O)CC2)C(=O)N1. The van der Waals surface area contributed by atoms with Crippen LogP contribution in [-0.4, -0.2) is 82.0 Å². The molecule has 1 fully saturated rings. The Morgan fingerprint density at radius 1 is 1.05 bits per heavy atom. The summed E-state index contributed by atoms with van der Waals surface area (Å²) in [6.07, 6.45) is 1.59. The first-order chi connectivity index (χ1) is 21.1. The van der Waals surface area contributed by atoms with Crippen molar-refractivity contribution in [3.63, 3.8) is 0 Å². The molecule has 2 aromatic carbocycles. The molecular weight excluding hydrogens is 580 g/mol. The van der Waals surface area contributed by atoms with Gasteiger partial charge in [-0.05, 0) is 42.7 Å². The summed E-state index contributed by atoms with van der Waals surface area (Å²) in [5.74, 6) is -3.23. The summed E-state index contributed by atoms with van der Waals surface area (Å²) in [6.45, 7) is 1.73. The number of carbonyl (C=O) groups is 4. The Bertz CT molecular complexity index is 1430. The lowest BCUT2D eigenvalue weighted by atomic mass is 9.93. The molecule has 2 aliphatic rings. The van der Waals surface area contributed by atoms with Crippen LogP contribution in [0, 0.1) is 11.6 Å². The first-order valence-corrected chi connectivity index (χ1v) is 13.9. The van der Waals surface area contributed by atoms with Gasteiger partial charge in [-0.15, -0.1) is 0 Å². The number of nitrogens with one attached hydrogen (secondary N) is 4. The Labute approximate surface area is 252 Å². The molecule has 2 heterocycles. The number of nitrogens with two attached hydrogens (primary N) is 1. The minimum absolute atomic E-state index is 0.0135. The van der Waals surface area contributed by atoms with E-state index in [4.69, 9.17) is 15.2 Å². The van der Waals surface area contributed by atoms with Gasteiger partial charge in [0.05, 0.1) is 36.4 Å². The molecule has 1 unspecified atom stereocenters. The second kappa shape index (κ2) is 14.6. The van der Waals surface area contributed by atoms with Gasteiger partial charge in [-0.25, -0.2) is 32.9 Å². The fourth-order valence-electron chi connectivity index (χ4n) is 5.32. The van der Waals surface area contributed by atoms with Crippen LogP contribution < -0.4 is 31.9 Å². The number of anilines is 2. The van der Waals surface area contributed by atoms with Crippen LogP contribution in [0.4, 0.5) is 34.5 Å². The molecule has 2 aromatic rings. The lowest BCUT2D eigenvalue weighted by molar-refractivity contribution is -0.137. The number of hydrogen-bond donors (Lipinski definition) is 5. The third-order valence-electron chi connectivity index (χ3n) is 7.34. The van der Waals surface area contributed by atoms with Crippen LogP contribution in [-0.2, 0) is 14.3 Å². The Kier molecular flexibility index (Phi) is 10.7. The van der Waals surface area contributed by atoms with E-state index < -0.39 is 41.7 Å². The molecule has 6 N–H and O–H groups in total. The molecule has 0 spiro atoms. The van der Waals surface area contributed by atoms with Crippen LogP contribution in [0.25, 0.3) is 0 Å². The molecule has 2 aliphatic heterocycles. The zero-order valence-electron chi connectivity index (χ0n) is 24.3. The maximum atomic E-state index is 14.2. The van der Waals surface area contributed by atoms with Gasteiger partial charge >= 0.3 is 24.1 Å². The molecule has 0 aliphatic carbocycles. The van der Waals surface area contributed by atoms with Gasteiger partial charge in [0.15, 0.2) is 11.6 Å². The van der Waals surface area contributed by atoms with E-state index in [1.54, 1.807) is 6.07 Å². The molecule has 6 amide bonds. The zero-order chi connectivity index (χ0) is 31.8. The monoisotopic (exact) mass is 615 g/mol. The number of urea groups is 3. The number of imide groups is 1. The molecule has 0 saturated carbocycles. The van der Waals surface area contributed by atoms with Crippen LogP contribution in [0.2, 0.25) is 0 Å². The molecule has 1 saturated heterocycles. The summed E-state index contributed by atoms with van der Waals surface area (Å²) in [7, 11) is 2.46. The van der Waals surface area contributed by atoms with Crippen molar-refractivity contribution in [1.29, 1.82) is 0 Å². The molecule has 0 bridgehead atoms. The van der Waals surface area contributed by atoms with E-state index in [9.17, 15) is 28.0 Å². The van der Waals surface area contributed by atoms with Crippen molar-refractivity contribution in [3.05, 3.63) is 70.9 Å². The average molecular weight is 616 g/mol. The topological polar surface area (TPSA) is 167 Å². The molecule has 4 rings (SSSR count). The molecule has 0 aromatic heterocycles. The van der Waals surface area contributed by atoms with Crippen molar-refractivity contribution in [3.8, 4) is 0 Å². The molecule has 236 valence electrons. The quantitative estimate of drug-likeness (QED) is 0.201. The van der Waals surface area contributed by atoms with E-state index in [2.05, 4.69) is 26.2 Å². The smallest absolute Gasteiger partial charge is 0.338 e. The molecule has 13 nitrogen and oxygen atoms in total. The second-order valence-corrected chi connectivity index (χ2v) is 10.1. The third kappa shape index (κ3) is 7.41. The van der Waals surface area contributed by atoms with E-state index >= 15 is 0 Å². The van der Waals surface area contributed by atoms with Crippen molar-refractivity contribution >= 4 is 35.4 Å². The molecule has 1 atom stereocenters. The number of ether oxygens (including phenoxy) is 2. The summed E-state index contributed by atoms with van der Waals surface area (Å²) in [5.41, 5.74) is 6.66. The summed E-state index contributed by atoms with van der Waals surface area (Å²) >= 11 is 0. The van der Waals surface area contributed by atoms with Crippen LogP contribution >= 0.6 is 0 Å². The third-order valence-corrected chi connectivity index (χ3v) is 7.34. The van der Waals surface area contributed by atoms with Gasteiger partial charge in [-0.2, -0.15) is 0 Å². The normalized spacial score (nSPS) is 17.3. The van der Waals surface area contributed by atoms with E-state index in [0.29, 0.717) is 12.2 Å². The number of benzene rings is 2. The zero-order valence-corrected chi connectivity index (χ0v) is 24.3. The number of halogens is 2. The summed E-state index contributed by atoms with van der Waals surface area (Å²) in [5, 5.41) is 11.2. The minimum atomic E-state index is -1.42. The summed E-state index contributed by atoms with van der Waals surface area (Å²) in [6, 6.07) is 6.61. The predicted molar refractivity (Wildman–Crippen MR) is 157 cm³/mol. The van der Waals surface area contributed by atoms with Crippen molar-refractivity contribution in [2.24, 2.45) is 5.73 Å². The minimum Gasteiger partial charge on any atom is -0.466 e. The molecule has 44 heavy (non-hydrogen) atoms. The number of methoxy groups -OCH3 is 2. The summed E-state index contributed by atoms with van der Waals surface area (Å²) < 4.78 is 38.0. The predicted octanol–water partition coefficient (Wildman–Crippen LogP) is 2.56. The van der Waals surface area contributed by atoms with Gasteiger partial charge < -0.3 is 41.4 Å². The number of primary amides is 1. The molecule has 15 heteroatoms. The van der Waals surface area contributed by atoms with Crippen molar-refractivity contribution < 1.29 is 37.4 Å².